The predicted molar refractivity (Wildman–Crippen MR) is 66.2 cm³/mol. The van der Waals surface area contributed by atoms with Crippen molar-refractivity contribution in [1.82, 2.24) is 9.78 Å². The Hall–Kier alpha value is -2.70. The molecule has 98 valence electrons. The van der Waals surface area contributed by atoms with Gasteiger partial charge < -0.3 is 4.74 Å². The van der Waals surface area contributed by atoms with Gasteiger partial charge in [-0.3, -0.25) is 10.1 Å². The number of nitro benzene ring substituents is 1. The fraction of sp³-hybridized carbons (Fsp3) is 0.167. The van der Waals surface area contributed by atoms with E-state index in [9.17, 15) is 14.9 Å². The lowest BCUT2D eigenvalue weighted by Gasteiger charge is -2.02. The van der Waals surface area contributed by atoms with Gasteiger partial charge in [0, 0.05) is 12.3 Å². The molecule has 2 aromatic rings. The molecule has 7 nitrogen and oxygen atoms in total. The first-order valence-corrected chi connectivity index (χ1v) is 5.60. The van der Waals surface area contributed by atoms with Gasteiger partial charge in [0.05, 0.1) is 11.5 Å². The van der Waals surface area contributed by atoms with Crippen LogP contribution in [0.2, 0.25) is 0 Å². The third-order valence-electron chi connectivity index (χ3n) is 2.40. The Morgan fingerprint density at radius 2 is 2.16 bits per heavy atom. The highest BCUT2D eigenvalue weighted by Gasteiger charge is 2.17. The number of aromatic nitrogens is 2. The third-order valence-corrected chi connectivity index (χ3v) is 2.40. The van der Waals surface area contributed by atoms with Crippen molar-refractivity contribution in [3.8, 4) is 5.69 Å². The minimum atomic E-state index is -0.556. The van der Waals surface area contributed by atoms with Gasteiger partial charge in [0.25, 0.3) is 5.69 Å². The summed E-state index contributed by atoms with van der Waals surface area (Å²) >= 11 is 0. The van der Waals surface area contributed by atoms with Crippen LogP contribution in [-0.4, -0.2) is 27.3 Å². The van der Waals surface area contributed by atoms with Crippen LogP contribution in [0.4, 0.5) is 5.69 Å². The maximum absolute atomic E-state index is 11.5. The molecule has 0 aliphatic carbocycles. The zero-order chi connectivity index (χ0) is 13.8. The first kappa shape index (κ1) is 12.7. The number of carbonyl (C=O) groups is 1. The SMILES string of the molecule is CCOC(=O)c1ccn(-c2ccccc2[N+](=O)[O-])n1. The molecule has 0 bridgehead atoms. The second kappa shape index (κ2) is 5.30. The molecule has 0 aliphatic rings. The number of nitrogens with zero attached hydrogens (tertiary/aromatic N) is 3. The van der Waals surface area contributed by atoms with Crippen LogP contribution in [0, 0.1) is 10.1 Å². The fourth-order valence-electron chi connectivity index (χ4n) is 1.58. The Balaban J connectivity index is 2.38. The monoisotopic (exact) mass is 261 g/mol. The molecule has 1 aromatic heterocycles. The standard InChI is InChI=1S/C12H11N3O4/c1-2-19-12(16)9-7-8-14(13-9)10-5-3-4-6-11(10)15(17)18/h3-8H,2H2,1H3. The molecule has 0 fully saturated rings. The molecule has 0 saturated heterocycles. The molecule has 1 heterocycles. The van der Waals surface area contributed by atoms with E-state index in [0.717, 1.165) is 0 Å². The zero-order valence-corrected chi connectivity index (χ0v) is 10.1. The van der Waals surface area contributed by atoms with Gasteiger partial charge in [-0.1, -0.05) is 12.1 Å². The van der Waals surface area contributed by atoms with Crippen LogP contribution in [0.3, 0.4) is 0 Å². The summed E-state index contributed by atoms with van der Waals surface area (Å²) in [6, 6.07) is 7.61. The maximum Gasteiger partial charge on any atom is 0.358 e. The van der Waals surface area contributed by atoms with Crippen molar-refractivity contribution in [3.05, 3.63) is 52.3 Å². The van der Waals surface area contributed by atoms with Crippen molar-refractivity contribution >= 4 is 11.7 Å². The number of para-hydroxylation sites is 2. The lowest BCUT2D eigenvalue weighted by atomic mass is 10.3. The lowest BCUT2D eigenvalue weighted by Crippen LogP contribution is -2.07. The summed E-state index contributed by atoms with van der Waals surface area (Å²) in [5.74, 6) is -0.556. The second-order valence-electron chi connectivity index (χ2n) is 3.61. The topological polar surface area (TPSA) is 87.3 Å². The van der Waals surface area contributed by atoms with Gasteiger partial charge >= 0.3 is 5.97 Å². The Kier molecular flexibility index (Phi) is 3.56. The summed E-state index contributed by atoms with van der Waals surface area (Å²) in [7, 11) is 0. The Bertz CT molecular complexity index is 621. The van der Waals surface area contributed by atoms with Crippen molar-refractivity contribution in [1.29, 1.82) is 0 Å². The van der Waals surface area contributed by atoms with E-state index in [2.05, 4.69) is 5.10 Å². The molecule has 19 heavy (non-hydrogen) atoms. The number of esters is 1. The van der Waals surface area contributed by atoms with Gasteiger partial charge in [-0.15, -0.1) is 0 Å². The molecule has 7 heteroatoms. The Morgan fingerprint density at radius 1 is 1.42 bits per heavy atom. The van der Waals surface area contributed by atoms with Gasteiger partial charge in [-0.25, -0.2) is 9.48 Å². The van der Waals surface area contributed by atoms with Crippen LogP contribution in [-0.2, 0) is 4.74 Å². The second-order valence-corrected chi connectivity index (χ2v) is 3.61. The molecule has 0 unspecified atom stereocenters. The Labute approximate surface area is 108 Å². The molecule has 0 radical (unpaired) electrons. The van der Waals surface area contributed by atoms with E-state index in [-0.39, 0.29) is 18.0 Å². The zero-order valence-electron chi connectivity index (χ0n) is 10.1. The van der Waals surface area contributed by atoms with Crippen LogP contribution >= 0.6 is 0 Å². The van der Waals surface area contributed by atoms with Gasteiger partial charge in [0.15, 0.2) is 5.69 Å². The molecule has 0 N–H and O–H groups in total. The number of hydrogen-bond acceptors (Lipinski definition) is 5. The van der Waals surface area contributed by atoms with Crippen LogP contribution in [0.15, 0.2) is 36.5 Å². The maximum atomic E-state index is 11.5. The number of rotatable bonds is 4. The molecule has 0 atom stereocenters. The summed E-state index contributed by atoms with van der Waals surface area (Å²) in [4.78, 5) is 21.9. The van der Waals surface area contributed by atoms with E-state index >= 15 is 0 Å². The molecular formula is C12H11N3O4. The van der Waals surface area contributed by atoms with E-state index in [1.807, 2.05) is 0 Å². The summed E-state index contributed by atoms with van der Waals surface area (Å²) in [6.07, 6.45) is 1.48. The van der Waals surface area contributed by atoms with Crippen LogP contribution in [0.5, 0.6) is 0 Å². The minimum Gasteiger partial charge on any atom is -0.461 e. The molecule has 0 aliphatic heterocycles. The molecule has 0 saturated carbocycles. The largest absolute Gasteiger partial charge is 0.461 e. The summed E-state index contributed by atoms with van der Waals surface area (Å²) < 4.78 is 6.09. The summed E-state index contributed by atoms with van der Waals surface area (Å²) in [5.41, 5.74) is 0.323. The highest BCUT2D eigenvalue weighted by molar-refractivity contribution is 5.87. The fourth-order valence-corrected chi connectivity index (χ4v) is 1.58. The summed E-state index contributed by atoms with van der Waals surface area (Å²) in [6.45, 7) is 1.94. The van der Waals surface area contributed by atoms with Crippen LogP contribution < -0.4 is 0 Å². The van der Waals surface area contributed by atoms with Crippen molar-refractivity contribution in [2.24, 2.45) is 0 Å². The molecule has 2 rings (SSSR count). The van der Waals surface area contributed by atoms with Gasteiger partial charge in [0.1, 0.15) is 5.69 Å². The number of benzene rings is 1. The normalized spacial score (nSPS) is 10.2. The third kappa shape index (κ3) is 2.59. The number of hydrogen-bond donors (Lipinski definition) is 0. The minimum absolute atomic E-state index is 0.0824. The molecule has 1 aromatic carbocycles. The van der Waals surface area contributed by atoms with E-state index in [1.165, 1.54) is 23.0 Å². The highest BCUT2D eigenvalue weighted by Crippen LogP contribution is 2.21. The quantitative estimate of drug-likeness (QED) is 0.477. The van der Waals surface area contributed by atoms with E-state index in [1.54, 1.807) is 25.1 Å². The number of nitro groups is 1. The molecular weight excluding hydrogens is 250 g/mol. The average molecular weight is 261 g/mol. The summed E-state index contributed by atoms with van der Waals surface area (Å²) in [5, 5.41) is 14.9. The highest BCUT2D eigenvalue weighted by atomic mass is 16.6. The van der Waals surface area contributed by atoms with Crippen LogP contribution in [0.1, 0.15) is 17.4 Å². The van der Waals surface area contributed by atoms with Crippen molar-refractivity contribution in [2.45, 2.75) is 6.92 Å². The van der Waals surface area contributed by atoms with Gasteiger partial charge in [0.2, 0.25) is 0 Å². The van der Waals surface area contributed by atoms with Crippen molar-refractivity contribution in [3.63, 3.8) is 0 Å². The van der Waals surface area contributed by atoms with E-state index in [0.29, 0.717) is 5.69 Å². The number of carbonyl (C=O) groups excluding carboxylic acids is 1. The van der Waals surface area contributed by atoms with Crippen molar-refractivity contribution in [2.75, 3.05) is 6.61 Å². The average Bonchev–Trinajstić information content (AvgIpc) is 2.88. The number of ether oxygens (including phenoxy) is 1. The van der Waals surface area contributed by atoms with Crippen molar-refractivity contribution < 1.29 is 14.5 Å². The Morgan fingerprint density at radius 3 is 2.84 bits per heavy atom. The lowest BCUT2D eigenvalue weighted by molar-refractivity contribution is -0.384. The van der Waals surface area contributed by atoms with Gasteiger partial charge in [-0.05, 0) is 19.1 Å². The predicted octanol–water partition coefficient (Wildman–Crippen LogP) is 1.96. The molecule has 0 spiro atoms. The van der Waals surface area contributed by atoms with Crippen LogP contribution in [0.25, 0.3) is 5.69 Å². The van der Waals surface area contributed by atoms with Gasteiger partial charge in [-0.2, -0.15) is 5.10 Å². The first-order chi connectivity index (χ1) is 9.13. The van der Waals surface area contributed by atoms with E-state index < -0.39 is 10.9 Å². The molecule has 0 amide bonds. The smallest absolute Gasteiger partial charge is 0.358 e. The first-order valence-electron chi connectivity index (χ1n) is 5.60. The van der Waals surface area contributed by atoms with E-state index in [4.69, 9.17) is 4.74 Å².